The van der Waals surface area contributed by atoms with Crippen LogP contribution in [0.4, 0.5) is 0 Å². The first kappa shape index (κ1) is 26.4. The van der Waals surface area contributed by atoms with Gasteiger partial charge in [0.2, 0.25) is 0 Å². The maximum atomic E-state index is 7.16. The number of hydrogen-bond acceptors (Lipinski definition) is 5. The molecule has 0 saturated heterocycles. The number of aryl methyl sites for hydroxylation is 3. The van der Waals surface area contributed by atoms with Crippen LogP contribution in [0.2, 0.25) is 5.02 Å². The number of nitrogens with one attached hydrogen (secondary N) is 1. The Morgan fingerprint density at radius 3 is 2.44 bits per heavy atom. The summed E-state index contributed by atoms with van der Waals surface area (Å²) >= 11 is 7.16. The SMILES string of the molecule is CN/C(=C\N)C(C)(c1ccc2nc(C)c(Cc3ccc(-n4cccn4)cc3)c(Cl)c2c1)c1ccc(C)nc1C. The molecule has 0 amide bonds. The average Bonchev–Trinajstić information content (AvgIpc) is 3.47. The molecule has 0 aliphatic carbocycles. The minimum absolute atomic E-state index is 0.570. The Morgan fingerprint density at radius 1 is 1.03 bits per heavy atom. The Balaban J connectivity index is 1.61. The van der Waals surface area contributed by atoms with Gasteiger partial charge in [0.25, 0.3) is 0 Å². The number of likely N-dealkylation sites (N-methyl/N-ethyl adjacent to an activating group) is 1. The Morgan fingerprint density at radius 2 is 1.79 bits per heavy atom. The summed E-state index contributed by atoms with van der Waals surface area (Å²) in [5.74, 6) is 0. The van der Waals surface area contributed by atoms with Crippen LogP contribution in [0.15, 0.2) is 85.0 Å². The summed E-state index contributed by atoms with van der Waals surface area (Å²) in [6.45, 7) is 8.23. The molecule has 0 fully saturated rings. The largest absolute Gasteiger partial charge is 0.403 e. The Bertz CT molecular complexity index is 1670. The van der Waals surface area contributed by atoms with E-state index >= 15 is 0 Å². The zero-order valence-electron chi connectivity index (χ0n) is 23.0. The molecule has 1 unspecified atom stereocenters. The van der Waals surface area contributed by atoms with Crippen molar-refractivity contribution in [1.29, 1.82) is 0 Å². The number of halogens is 1. The molecule has 3 aromatic heterocycles. The maximum Gasteiger partial charge on any atom is 0.0720 e. The highest BCUT2D eigenvalue weighted by Crippen LogP contribution is 2.41. The first-order valence-electron chi connectivity index (χ1n) is 13.0. The van der Waals surface area contributed by atoms with E-state index < -0.39 is 5.41 Å². The molecule has 0 aliphatic rings. The lowest BCUT2D eigenvalue weighted by atomic mass is 9.72. The van der Waals surface area contributed by atoms with Crippen LogP contribution in [0.1, 0.15) is 46.3 Å². The summed E-state index contributed by atoms with van der Waals surface area (Å²) in [4.78, 5) is 9.69. The molecule has 1 atom stereocenters. The van der Waals surface area contributed by atoms with Gasteiger partial charge in [-0.25, -0.2) is 4.68 Å². The van der Waals surface area contributed by atoms with Crippen LogP contribution in [-0.2, 0) is 11.8 Å². The minimum Gasteiger partial charge on any atom is -0.403 e. The third kappa shape index (κ3) is 4.77. The lowest BCUT2D eigenvalue weighted by molar-refractivity contribution is 0.614. The summed E-state index contributed by atoms with van der Waals surface area (Å²) in [7, 11) is 1.89. The van der Waals surface area contributed by atoms with E-state index in [0.29, 0.717) is 6.42 Å². The zero-order valence-corrected chi connectivity index (χ0v) is 23.7. The van der Waals surface area contributed by atoms with Crippen LogP contribution in [0.5, 0.6) is 0 Å². The molecule has 2 aromatic carbocycles. The topological polar surface area (TPSA) is 81.6 Å². The van der Waals surface area contributed by atoms with Gasteiger partial charge in [-0.1, -0.05) is 35.9 Å². The van der Waals surface area contributed by atoms with Crippen molar-refractivity contribution in [2.24, 2.45) is 5.73 Å². The molecular weight excluding hydrogens is 504 g/mol. The number of rotatable bonds is 7. The maximum absolute atomic E-state index is 7.16. The van der Waals surface area contributed by atoms with Crippen molar-refractivity contribution in [2.75, 3.05) is 7.05 Å². The van der Waals surface area contributed by atoms with Gasteiger partial charge in [0.1, 0.15) is 0 Å². The summed E-state index contributed by atoms with van der Waals surface area (Å²) in [6.07, 6.45) is 6.02. The molecule has 0 radical (unpaired) electrons. The Kier molecular flexibility index (Phi) is 7.15. The van der Waals surface area contributed by atoms with E-state index in [1.807, 2.05) is 56.9 Å². The molecule has 0 saturated carbocycles. The number of hydrogen-bond donors (Lipinski definition) is 2. The van der Waals surface area contributed by atoms with Crippen LogP contribution < -0.4 is 11.1 Å². The molecule has 5 aromatic rings. The fourth-order valence-corrected chi connectivity index (χ4v) is 5.81. The second-order valence-corrected chi connectivity index (χ2v) is 10.4. The van der Waals surface area contributed by atoms with Crippen molar-refractivity contribution in [3.8, 4) is 5.69 Å². The van der Waals surface area contributed by atoms with E-state index in [1.165, 1.54) is 0 Å². The highest BCUT2D eigenvalue weighted by molar-refractivity contribution is 6.36. The Hall–Kier alpha value is -4.16. The van der Waals surface area contributed by atoms with Crippen molar-refractivity contribution in [3.63, 3.8) is 0 Å². The molecule has 0 aliphatic heterocycles. The molecular formula is C32H33ClN6. The predicted molar refractivity (Wildman–Crippen MR) is 159 cm³/mol. The van der Waals surface area contributed by atoms with Crippen molar-refractivity contribution in [3.05, 3.63) is 129 Å². The van der Waals surface area contributed by atoms with E-state index in [0.717, 1.165) is 66.6 Å². The van der Waals surface area contributed by atoms with Gasteiger partial charge in [0.05, 0.1) is 21.6 Å². The number of benzene rings is 2. The van der Waals surface area contributed by atoms with E-state index in [1.54, 1.807) is 12.4 Å². The van der Waals surface area contributed by atoms with Crippen molar-refractivity contribution >= 4 is 22.5 Å². The smallest absolute Gasteiger partial charge is 0.0720 e. The quantitative estimate of drug-likeness (QED) is 0.255. The van der Waals surface area contributed by atoms with E-state index in [4.69, 9.17) is 27.3 Å². The molecule has 3 N–H and O–H groups in total. The number of aromatic nitrogens is 4. The lowest BCUT2D eigenvalue weighted by Gasteiger charge is -2.34. The fraction of sp³-hybridized carbons (Fsp3) is 0.219. The minimum atomic E-state index is -0.570. The molecule has 39 heavy (non-hydrogen) atoms. The molecule has 6 nitrogen and oxygen atoms in total. The monoisotopic (exact) mass is 536 g/mol. The lowest BCUT2D eigenvalue weighted by Crippen LogP contribution is -2.34. The molecule has 0 bridgehead atoms. The van der Waals surface area contributed by atoms with Crippen molar-refractivity contribution in [1.82, 2.24) is 25.1 Å². The van der Waals surface area contributed by atoms with Gasteiger partial charge in [-0.3, -0.25) is 9.97 Å². The summed E-state index contributed by atoms with van der Waals surface area (Å²) < 4.78 is 1.85. The molecule has 0 spiro atoms. The van der Waals surface area contributed by atoms with E-state index in [-0.39, 0.29) is 0 Å². The number of nitrogens with zero attached hydrogens (tertiary/aromatic N) is 4. The highest BCUT2D eigenvalue weighted by atomic mass is 35.5. The number of allylic oxidation sites excluding steroid dienone is 1. The van der Waals surface area contributed by atoms with Gasteiger partial charge in [-0.05, 0) is 86.3 Å². The van der Waals surface area contributed by atoms with Gasteiger partial charge in [-0.15, -0.1) is 0 Å². The number of fused-ring (bicyclic) bond motifs is 1. The average molecular weight is 537 g/mol. The first-order chi connectivity index (χ1) is 18.8. The van der Waals surface area contributed by atoms with Crippen LogP contribution >= 0.6 is 11.6 Å². The normalized spacial score (nSPS) is 13.4. The predicted octanol–water partition coefficient (Wildman–Crippen LogP) is 6.31. The van der Waals surface area contributed by atoms with Gasteiger partial charge >= 0.3 is 0 Å². The molecule has 3 heterocycles. The number of nitrogens with two attached hydrogens (primary N) is 1. The summed E-state index contributed by atoms with van der Waals surface area (Å²) in [6, 6.07) is 20.8. The molecule has 5 rings (SSSR count). The van der Waals surface area contributed by atoms with Crippen LogP contribution in [0.25, 0.3) is 16.6 Å². The van der Waals surface area contributed by atoms with Crippen molar-refractivity contribution in [2.45, 2.75) is 39.5 Å². The second kappa shape index (κ2) is 10.5. The molecule has 198 valence electrons. The van der Waals surface area contributed by atoms with Gasteiger partial charge < -0.3 is 11.1 Å². The van der Waals surface area contributed by atoms with E-state index in [2.05, 4.69) is 59.8 Å². The Labute approximate surface area is 234 Å². The van der Waals surface area contributed by atoms with Crippen molar-refractivity contribution < 1.29 is 0 Å². The second-order valence-electron chi connectivity index (χ2n) is 10.1. The van der Waals surface area contributed by atoms with E-state index in [9.17, 15) is 0 Å². The molecule has 7 heteroatoms. The third-order valence-corrected chi connectivity index (χ3v) is 8.06. The first-order valence-corrected chi connectivity index (χ1v) is 13.4. The van der Waals surface area contributed by atoms with Gasteiger partial charge in [0, 0.05) is 60.2 Å². The van der Waals surface area contributed by atoms with Gasteiger partial charge in [0.15, 0.2) is 0 Å². The standard InChI is InChI=1S/C32H33ClN6/c1-20-7-13-28(22(3)37-20)32(4,30(19-34)35-5)24-10-14-29-27(18-24)31(33)26(21(2)38-29)17-23-8-11-25(12-9-23)39-16-6-15-36-39/h6-16,18-19,35H,17,34H2,1-5H3/b30-19-. The fourth-order valence-electron chi connectivity index (χ4n) is 5.46. The summed E-state index contributed by atoms with van der Waals surface area (Å²) in [5.41, 5.74) is 15.5. The van der Waals surface area contributed by atoms with Gasteiger partial charge in [-0.2, -0.15) is 5.10 Å². The van der Waals surface area contributed by atoms with Crippen LogP contribution in [0, 0.1) is 20.8 Å². The number of pyridine rings is 2. The highest BCUT2D eigenvalue weighted by Gasteiger charge is 2.35. The van der Waals surface area contributed by atoms with Crippen LogP contribution in [0.3, 0.4) is 0 Å². The summed E-state index contributed by atoms with van der Waals surface area (Å²) in [5, 5.41) is 9.26. The zero-order chi connectivity index (χ0) is 27.7. The van der Waals surface area contributed by atoms with Crippen LogP contribution in [-0.4, -0.2) is 26.8 Å². The third-order valence-electron chi connectivity index (χ3n) is 7.62.